The number of halogens is 1. The van der Waals surface area contributed by atoms with Crippen molar-refractivity contribution < 1.29 is 0 Å². The molecule has 0 saturated heterocycles. The highest BCUT2D eigenvalue weighted by Gasteiger charge is 1.98. The largest absolute Gasteiger partial charge is 0.0843 e. The van der Waals surface area contributed by atoms with E-state index in [2.05, 4.69) is 37.3 Å². The van der Waals surface area contributed by atoms with Crippen molar-refractivity contribution in [1.29, 1.82) is 0 Å². The monoisotopic (exact) mass is 230 g/mol. The van der Waals surface area contributed by atoms with E-state index in [1.807, 2.05) is 18.2 Å². The van der Waals surface area contributed by atoms with Gasteiger partial charge < -0.3 is 0 Å². The average molecular weight is 231 g/mol. The molecular formula is C15H15Cl. The van der Waals surface area contributed by atoms with Gasteiger partial charge >= 0.3 is 0 Å². The Labute approximate surface area is 102 Å². The molecule has 0 amide bonds. The predicted octanol–water partition coefficient (Wildman–Crippen LogP) is 4.96. The molecule has 0 aromatic heterocycles. The Hall–Kier alpha value is -1.27. The molecule has 2 rings (SSSR count). The van der Waals surface area contributed by atoms with Crippen LogP contribution in [0.5, 0.6) is 0 Å². The normalized spacial score (nSPS) is 10.4. The van der Waals surface area contributed by atoms with Crippen LogP contribution in [0.4, 0.5) is 0 Å². The summed E-state index contributed by atoms with van der Waals surface area (Å²) in [6.07, 6.45) is 2.34. The van der Waals surface area contributed by atoms with Gasteiger partial charge in [0.25, 0.3) is 0 Å². The van der Waals surface area contributed by atoms with Gasteiger partial charge in [0.15, 0.2) is 0 Å². The Morgan fingerprint density at radius 1 is 0.938 bits per heavy atom. The second-order valence-electron chi connectivity index (χ2n) is 3.96. The predicted molar refractivity (Wildman–Crippen MR) is 70.9 cm³/mol. The number of hydrogen-bond acceptors (Lipinski definition) is 0. The standard InChI is InChI=1S/C15H15Cl/c1-2-4-12-7-9-13(10-8-12)14-5-3-6-15(16)11-14/h3,5-11H,2,4H2,1H3. The average Bonchev–Trinajstić information content (AvgIpc) is 2.30. The fourth-order valence-electron chi connectivity index (χ4n) is 1.82. The highest BCUT2D eigenvalue weighted by atomic mass is 35.5. The van der Waals surface area contributed by atoms with Crippen molar-refractivity contribution in [3.05, 3.63) is 59.1 Å². The quantitative estimate of drug-likeness (QED) is 0.699. The van der Waals surface area contributed by atoms with E-state index in [0.717, 1.165) is 11.4 Å². The van der Waals surface area contributed by atoms with Gasteiger partial charge in [-0.25, -0.2) is 0 Å². The van der Waals surface area contributed by atoms with Crippen LogP contribution < -0.4 is 0 Å². The lowest BCUT2D eigenvalue weighted by atomic mass is 10.0. The number of benzene rings is 2. The molecule has 0 radical (unpaired) electrons. The second-order valence-corrected chi connectivity index (χ2v) is 4.39. The zero-order chi connectivity index (χ0) is 11.4. The van der Waals surface area contributed by atoms with Gasteiger partial charge in [-0.3, -0.25) is 0 Å². The van der Waals surface area contributed by atoms with Gasteiger partial charge in [-0.1, -0.05) is 61.3 Å². The first-order valence-corrected chi connectivity index (χ1v) is 6.02. The lowest BCUT2D eigenvalue weighted by molar-refractivity contribution is 0.922. The van der Waals surface area contributed by atoms with Gasteiger partial charge in [0, 0.05) is 5.02 Å². The molecule has 0 fully saturated rings. The van der Waals surface area contributed by atoms with Crippen molar-refractivity contribution in [2.24, 2.45) is 0 Å². The molecule has 0 spiro atoms. The van der Waals surface area contributed by atoms with Gasteiger partial charge in [0.1, 0.15) is 0 Å². The summed E-state index contributed by atoms with van der Waals surface area (Å²) in [5, 5.41) is 0.787. The van der Waals surface area contributed by atoms with Gasteiger partial charge in [0.05, 0.1) is 0 Å². The molecule has 0 unspecified atom stereocenters. The van der Waals surface area contributed by atoms with Crippen molar-refractivity contribution in [3.63, 3.8) is 0 Å². The van der Waals surface area contributed by atoms with Crippen LogP contribution in [0.25, 0.3) is 11.1 Å². The Morgan fingerprint density at radius 2 is 1.69 bits per heavy atom. The summed E-state index contributed by atoms with van der Waals surface area (Å²) in [6, 6.07) is 16.7. The minimum absolute atomic E-state index is 0.787. The summed E-state index contributed by atoms with van der Waals surface area (Å²) >= 11 is 5.98. The molecule has 0 aliphatic rings. The molecular weight excluding hydrogens is 216 g/mol. The number of aryl methyl sites for hydroxylation is 1. The van der Waals surface area contributed by atoms with Crippen molar-refractivity contribution in [2.45, 2.75) is 19.8 Å². The fraction of sp³-hybridized carbons (Fsp3) is 0.200. The smallest absolute Gasteiger partial charge is 0.0412 e. The third-order valence-corrected chi connectivity index (χ3v) is 2.89. The number of rotatable bonds is 3. The topological polar surface area (TPSA) is 0 Å². The van der Waals surface area contributed by atoms with E-state index in [4.69, 9.17) is 11.6 Å². The van der Waals surface area contributed by atoms with Crippen LogP contribution in [0.15, 0.2) is 48.5 Å². The molecule has 2 aromatic rings. The first-order chi connectivity index (χ1) is 7.79. The van der Waals surface area contributed by atoms with E-state index in [-0.39, 0.29) is 0 Å². The lowest BCUT2D eigenvalue weighted by Crippen LogP contribution is -1.83. The third kappa shape index (κ3) is 2.65. The Balaban J connectivity index is 2.27. The van der Waals surface area contributed by atoms with E-state index in [0.29, 0.717) is 0 Å². The number of hydrogen-bond donors (Lipinski definition) is 0. The highest BCUT2D eigenvalue weighted by Crippen LogP contribution is 2.23. The van der Waals surface area contributed by atoms with Crippen molar-refractivity contribution in [2.75, 3.05) is 0 Å². The van der Waals surface area contributed by atoms with Gasteiger partial charge in [-0.15, -0.1) is 0 Å². The third-order valence-electron chi connectivity index (χ3n) is 2.65. The first-order valence-electron chi connectivity index (χ1n) is 5.64. The van der Waals surface area contributed by atoms with E-state index in [9.17, 15) is 0 Å². The molecule has 2 aromatic carbocycles. The van der Waals surface area contributed by atoms with Crippen molar-refractivity contribution >= 4 is 11.6 Å². The lowest BCUT2D eigenvalue weighted by Gasteiger charge is -2.04. The molecule has 0 heterocycles. The van der Waals surface area contributed by atoms with Gasteiger partial charge in [0.2, 0.25) is 0 Å². The Bertz CT molecular complexity index is 457. The summed E-state index contributed by atoms with van der Waals surface area (Å²) < 4.78 is 0. The van der Waals surface area contributed by atoms with E-state index >= 15 is 0 Å². The van der Waals surface area contributed by atoms with E-state index in [1.54, 1.807) is 0 Å². The Kier molecular flexibility index (Phi) is 3.63. The molecule has 0 aliphatic carbocycles. The molecule has 0 saturated carbocycles. The van der Waals surface area contributed by atoms with Crippen LogP contribution in [0, 0.1) is 0 Å². The second kappa shape index (κ2) is 5.18. The summed E-state index contributed by atoms with van der Waals surface area (Å²) in [6.45, 7) is 2.20. The molecule has 16 heavy (non-hydrogen) atoms. The Morgan fingerprint density at radius 3 is 2.31 bits per heavy atom. The summed E-state index contributed by atoms with van der Waals surface area (Å²) in [4.78, 5) is 0. The molecule has 0 aliphatic heterocycles. The molecule has 1 heteroatoms. The van der Waals surface area contributed by atoms with Crippen LogP contribution in [0.2, 0.25) is 5.02 Å². The fourth-order valence-corrected chi connectivity index (χ4v) is 2.01. The van der Waals surface area contributed by atoms with Crippen LogP contribution in [-0.2, 0) is 6.42 Å². The maximum absolute atomic E-state index is 5.98. The van der Waals surface area contributed by atoms with Crippen molar-refractivity contribution in [1.82, 2.24) is 0 Å². The summed E-state index contributed by atoms with van der Waals surface area (Å²) in [5.74, 6) is 0. The minimum Gasteiger partial charge on any atom is -0.0843 e. The molecule has 0 bridgehead atoms. The molecule has 0 N–H and O–H groups in total. The molecule has 82 valence electrons. The van der Waals surface area contributed by atoms with Crippen LogP contribution in [0.1, 0.15) is 18.9 Å². The first kappa shape index (κ1) is 11.2. The van der Waals surface area contributed by atoms with Crippen molar-refractivity contribution in [3.8, 4) is 11.1 Å². The summed E-state index contributed by atoms with van der Waals surface area (Å²) in [7, 11) is 0. The van der Waals surface area contributed by atoms with E-state index in [1.165, 1.54) is 23.1 Å². The van der Waals surface area contributed by atoms with Crippen LogP contribution >= 0.6 is 11.6 Å². The van der Waals surface area contributed by atoms with Gasteiger partial charge in [-0.05, 0) is 35.2 Å². The summed E-state index contributed by atoms with van der Waals surface area (Å²) in [5.41, 5.74) is 3.80. The van der Waals surface area contributed by atoms with Gasteiger partial charge in [-0.2, -0.15) is 0 Å². The van der Waals surface area contributed by atoms with Crippen LogP contribution in [0.3, 0.4) is 0 Å². The van der Waals surface area contributed by atoms with Crippen LogP contribution in [-0.4, -0.2) is 0 Å². The SMILES string of the molecule is CCCc1ccc(-c2cccc(Cl)c2)cc1. The zero-order valence-electron chi connectivity index (χ0n) is 9.41. The van der Waals surface area contributed by atoms with E-state index < -0.39 is 0 Å². The maximum atomic E-state index is 5.98. The zero-order valence-corrected chi connectivity index (χ0v) is 10.2. The highest BCUT2D eigenvalue weighted by molar-refractivity contribution is 6.30. The molecule has 0 nitrogen and oxygen atoms in total. The maximum Gasteiger partial charge on any atom is 0.0412 e. The molecule has 0 atom stereocenters. The minimum atomic E-state index is 0.787.